The minimum Gasteiger partial charge on any atom is -0.477 e. The van der Waals surface area contributed by atoms with Gasteiger partial charge in [-0.05, 0) is 17.7 Å². The minimum absolute atomic E-state index is 0.0620. The second kappa shape index (κ2) is 10.8. The number of thiazole rings is 1. The monoisotopic (exact) mass is 569 g/mol. The Balaban J connectivity index is 1.32. The number of rotatable bonds is 9. The summed E-state index contributed by atoms with van der Waals surface area (Å²) in [6.07, 6.45) is 8.69. The van der Waals surface area contributed by atoms with Crippen LogP contribution in [0.2, 0.25) is 0 Å². The summed E-state index contributed by atoms with van der Waals surface area (Å²) in [5, 5.41) is 18.4. The predicted octanol–water partition coefficient (Wildman–Crippen LogP) is 1.26. The number of nitrogen functional groups attached to an aromatic ring is 1. The molecule has 2 aliphatic heterocycles. The van der Waals surface area contributed by atoms with Crippen LogP contribution in [0.4, 0.5) is 5.13 Å². The van der Waals surface area contributed by atoms with E-state index < -0.39 is 29.2 Å². The van der Waals surface area contributed by atoms with E-state index in [1.807, 2.05) is 28.8 Å². The summed E-state index contributed by atoms with van der Waals surface area (Å²) in [7, 11) is 0. The maximum atomic E-state index is 13.1. The van der Waals surface area contributed by atoms with Gasteiger partial charge in [-0.3, -0.25) is 18.9 Å². The van der Waals surface area contributed by atoms with Crippen molar-refractivity contribution in [3.8, 4) is 12.3 Å². The molecule has 1 saturated heterocycles. The number of nitrogens with zero attached hydrogens (tertiary/aromatic N) is 5. The number of carbonyl (C=O) groups is 3. The first-order valence-electron chi connectivity index (χ1n) is 11.0. The van der Waals surface area contributed by atoms with Crippen LogP contribution in [-0.4, -0.2) is 77.4 Å². The van der Waals surface area contributed by atoms with Gasteiger partial charge in [0.1, 0.15) is 28.5 Å². The first-order valence-corrected chi connectivity index (χ1v) is 13.9. The van der Waals surface area contributed by atoms with E-state index in [1.54, 1.807) is 6.20 Å². The minimum atomic E-state index is -1.20. The van der Waals surface area contributed by atoms with Crippen molar-refractivity contribution in [2.24, 2.45) is 5.16 Å². The van der Waals surface area contributed by atoms with Crippen LogP contribution >= 0.6 is 34.9 Å². The molecule has 4 N–H and O–H groups in total. The topological polar surface area (TPSA) is 165 Å². The van der Waals surface area contributed by atoms with Gasteiger partial charge in [-0.15, -0.1) is 41.3 Å². The Morgan fingerprint density at radius 3 is 3.00 bits per heavy atom. The number of hydrogen-bond acceptors (Lipinski definition) is 11. The number of nitrogens with two attached hydrogens (primary N) is 1. The summed E-state index contributed by atoms with van der Waals surface area (Å²) in [6, 6.07) is 4.72. The van der Waals surface area contributed by atoms with Crippen molar-refractivity contribution in [2.75, 3.05) is 23.8 Å². The van der Waals surface area contributed by atoms with Crippen molar-refractivity contribution in [3.05, 3.63) is 52.9 Å². The maximum absolute atomic E-state index is 13.1. The lowest BCUT2D eigenvalue weighted by Gasteiger charge is -2.49. The SMILES string of the molecule is C#CCO/N=C(\C(=O)N[C@H]1C(=O)N2C(C(=O)O)=C(CSc3cccc4nccn34)CS[C@H]12)c1csc(N)n1. The average Bonchev–Trinajstić information content (AvgIpc) is 3.57. The average molecular weight is 570 g/mol. The predicted molar refractivity (Wildman–Crippen MR) is 143 cm³/mol. The van der Waals surface area contributed by atoms with Crippen LogP contribution < -0.4 is 11.1 Å². The van der Waals surface area contributed by atoms with Crippen LogP contribution in [0.25, 0.3) is 5.65 Å². The number of imidazole rings is 1. The van der Waals surface area contributed by atoms with Gasteiger partial charge in [0.05, 0.1) is 5.03 Å². The standard InChI is InChI=1S/C23H19N7O5S3/c1-2-8-35-28-16(13-11-38-23(24)26-13)19(31)27-17-20(32)30-18(22(33)34)12(10-37-21(17)30)9-36-15-5-3-4-14-25-6-7-29(14)15/h1,3-7,11,17,21H,8-10H2,(H2,24,26)(H,27,31)(H,33,34)/b28-16-/t17-,21+/m0/s1. The highest BCUT2D eigenvalue weighted by Crippen LogP contribution is 2.41. The van der Waals surface area contributed by atoms with Crippen molar-refractivity contribution in [1.29, 1.82) is 0 Å². The van der Waals surface area contributed by atoms with Gasteiger partial charge in [0.2, 0.25) is 0 Å². The van der Waals surface area contributed by atoms with Gasteiger partial charge >= 0.3 is 5.97 Å². The summed E-state index contributed by atoms with van der Waals surface area (Å²) < 4.78 is 1.91. The van der Waals surface area contributed by atoms with Crippen molar-refractivity contribution < 1.29 is 24.3 Å². The summed E-state index contributed by atoms with van der Waals surface area (Å²) in [5.41, 5.74) is 6.98. The fourth-order valence-electron chi connectivity index (χ4n) is 3.94. The third-order valence-corrected chi connectivity index (χ3v) is 8.74. The number of nitrogens with one attached hydrogen (secondary N) is 1. The summed E-state index contributed by atoms with van der Waals surface area (Å²) in [6.45, 7) is -0.173. The number of carboxylic acid groups (broad SMARTS) is 1. The van der Waals surface area contributed by atoms with Crippen LogP contribution in [-0.2, 0) is 19.2 Å². The van der Waals surface area contributed by atoms with Gasteiger partial charge in [0.15, 0.2) is 17.5 Å². The Morgan fingerprint density at radius 2 is 2.26 bits per heavy atom. The van der Waals surface area contributed by atoms with Crippen LogP contribution in [0.15, 0.2) is 57.4 Å². The van der Waals surface area contributed by atoms with E-state index in [9.17, 15) is 19.5 Å². The van der Waals surface area contributed by atoms with Gasteiger partial charge in [-0.1, -0.05) is 17.1 Å². The highest BCUT2D eigenvalue weighted by atomic mass is 32.2. The molecule has 0 unspecified atom stereocenters. The number of aromatic nitrogens is 3. The van der Waals surface area contributed by atoms with E-state index in [0.29, 0.717) is 17.1 Å². The van der Waals surface area contributed by atoms with E-state index in [2.05, 4.69) is 26.4 Å². The highest BCUT2D eigenvalue weighted by Gasteiger charge is 2.54. The van der Waals surface area contributed by atoms with Gasteiger partial charge in [0, 0.05) is 29.3 Å². The third-order valence-electron chi connectivity index (χ3n) is 5.60. The summed E-state index contributed by atoms with van der Waals surface area (Å²) >= 11 is 3.94. The molecule has 2 amide bonds. The molecule has 0 aliphatic carbocycles. The molecular formula is C23H19N7O5S3. The quantitative estimate of drug-likeness (QED) is 0.0853. The number of β-lactam (4-membered cyclic amide) rings is 1. The molecule has 3 aromatic rings. The van der Waals surface area contributed by atoms with Crippen molar-refractivity contribution in [3.63, 3.8) is 0 Å². The zero-order chi connectivity index (χ0) is 26.8. The molecule has 15 heteroatoms. The number of carboxylic acids is 1. The maximum Gasteiger partial charge on any atom is 0.352 e. The number of anilines is 1. The molecule has 5 heterocycles. The fraction of sp³-hybridized carbons (Fsp3) is 0.217. The Kier molecular flexibility index (Phi) is 7.27. The molecule has 0 aromatic carbocycles. The molecule has 3 aromatic heterocycles. The molecule has 5 rings (SSSR count). The Labute approximate surface area is 228 Å². The highest BCUT2D eigenvalue weighted by molar-refractivity contribution is 8.01. The third kappa shape index (κ3) is 4.80. The van der Waals surface area contributed by atoms with Crippen molar-refractivity contribution >= 4 is 69.1 Å². The molecule has 194 valence electrons. The number of oxime groups is 1. The largest absolute Gasteiger partial charge is 0.477 e. The van der Waals surface area contributed by atoms with Crippen LogP contribution in [0.1, 0.15) is 5.69 Å². The smallest absolute Gasteiger partial charge is 0.352 e. The molecular weight excluding hydrogens is 550 g/mol. The lowest BCUT2D eigenvalue weighted by atomic mass is 10.0. The summed E-state index contributed by atoms with van der Waals surface area (Å²) in [4.78, 5) is 52.8. The Bertz CT molecular complexity index is 1540. The van der Waals surface area contributed by atoms with E-state index in [0.717, 1.165) is 22.0 Å². The van der Waals surface area contributed by atoms with Crippen molar-refractivity contribution in [2.45, 2.75) is 16.4 Å². The zero-order valence-corrected chi connectivity index (χ0v) is 21.9. The molecule has 0 radical (unpaired) electrons. The number of pyridine rings is 1. The fourth-order valence-corrected chi connectivity index (χ4v) is 6.99. The number of amides is 2. The van der Waals surface area contributed by atoms with Crippen LogP contribution in [0.3, 0.4) is 0 Å². The van der Waals surface area contributed by atoms with Crippen molar-refractivity contribution in [1.82, 2.24) is 24.6 Å². The van der Waals surface area contributed by atoms with Gasteiger partial charge in [-0.2, -0.15) is 0 Å². The number of carbonyl (C=O) groups excluding carboxylic acids is 2. The second-order valence-electron chi connectivity index (χ2n) is 7.91. The molecule has 2 atom stereocenters. The molecule has 0 spiro atoms. The molecule has 2 aliphatic rings. The number of thioether (sulfide) groups is 2. The Hall–Kier alpha value is -4.00. The van der Waals surface area contributed by atoms with E-state index >= 15 is 0 Å². The number of hydrogen-bond donors (Lipinski definition) is 3. The lowest BCUT2D eigenvalue weighted by molar-refractivity contribution is -0.150. The molecule has 1 fully saturated rings. The number of aliphatic carboxylic acids is 1. The molecule has 38 heavy (non-hydrogen) atoms. The summed E-state index contributed by atoms with van der Waals surface area (Å²) in [5.74, 6) is 0.532. The molecule has 0 saturated carbocycles. The molecule has 12 nitrogen and oxygen atoms in total. The van der Waals surface area contributed by atoms with E-state index in [-0.39, 0.29) is 28.8 Å². The molecule has 0 bridgehead atoms. The first kappa shape index (κ1) is 25.6. The van der Waals surface area contributed by atoms with Gasteiger partial charge < -0.3 is 21.0 Å². The lowest BCUT2D eigenvalue weighted by Crippen LogP contribution is -2.71. The number of terminal acetylenes is 1. The van der Waals surface area contributed by atoms with Gasteiger partial charge in [0.25, 0.3) is 11.8 Å². The zero-order valence-electron chi connectivity index (χ0n) is 19.4. The van der Waals surface area contributed by atoms with Crippen LogP contribution in [0, 0.1) is 12.3 Å². The Morgan fingerprint density at radius 1 is 1.42 bits per heavy atom. The van der Waals surface area contributed by atoms with E-state index in [1.165, 1.54) is 33.8 Å². The second-order valence-corrected chi connectivity index (χ2v) is 10.9. The van der Waals surface area contributed by atoms with Gasteiger partial charge in [-0.25, -0.2) is 14.8 Å². The first-order chi connectivity index (χ1) is 18.4. The van der Waals surface area contributed by atoms with Crippen LogP contribution in [0.5, 0.6) is 0 Å². The normalized spacial score (nSPS) is 19.1. The van der Waals surface area contributed by atoms with E-state index in [4.69, 9.17) is 17.0 Å². The number of fused-ring (bicyclic) bond motifs is 2.